The van der Waals surface area contributed by atoms with E-state index < -0.39 is 5.60 Å². The summed E-state index contributed by atoms with van der Waals surface area (Å²) in [7, 11) is 1.77. The number of aromatic nitrogens is 4. The lowest BCUT2D eigenvalue weighted by atomic mass is 10.0. The highest BCUT2D eigenvalue weighted by atomic mass is 16.6. The zero-order valence-electron chi connectivity index (χ0n) is 25.2. The molecule has 1 aliphatic rings. The molecule has 0 bridgehead atoms. The van der Waals surface area contributed by atoms with E-state index in [1.807, 2.05) is 55.8 Å². The van der Waals surface area contributed by atoms with E-state index in [1.165, 1.54) is 11.9 Å². The third-order valence-corrected chi connectivity index (χ3v) is 7.55. The van der Waals surface area contributed by atoms with Gasteiger partial charge >= 0.3 is 6.09 Å². The van der Waals surface area contributed by atoms with Gasteiger partial charge in [-0.15, -0.1) is 0 Å². The molecule has 0 unspecified atom stereocenters. The number of nitrogens with zero attached hydrogens (tertiary/aromatic N) is 6. The topological polar surface area (TPSA) is 119 Å². The molecule has 10 nitrogen and oxygen atoms in total. The molecule has 220 valence electrons. The van der Waals surface area contributed by atoms with E-state index in [2.05, 4.69) is 35.9 Å². The van der Waals surface area contributed by atoms with E-state index in [-0.39, 0.29) is 18.0 Å². The maximum atomic E-state index is 13.5. The van der Waals surface area contributed by atoms with Crippen molar-refractivity contribution in [2.24, 2.45) is 0 Å². The summed E-state index contributed by atoms with van der Waals surface area (Å²) in [6.45, 7) is 10.9. The average Bonchev–Trinajstić information content (AvgIpc) is 3.37. The van der Waals surface area contributed by atoms with Gasteiger partial charge in [-0.25, -0.2) is 19.4 Å². The van der Waals surface area contributed by atoms with Gasteiger partial charge in [-0.3, -0.25) is 4.79 Å². The summed E-state index contributed by atoms with van der Waals surface area (Å²) in [5, 5.41) is 5.59. The van der Waals surface area contributed by atoms with Crippen molar-refractivity contribution < 1.29 is 14.3 Å². The molecular formula is C32H39N7O3. The van der Waals surface area contributed by atoms with Crippen molar-refractivity contribution in [3.8, 4) is 11.3 Å². The molecule has 1 aliphatic heterocycles. The Labute approximate surface area is 246 Å². The van der Waals surface area contributed by atoms with Gasteiger partial charge in [0.1, 0.15) is 23.4 Å². The van der Waals surface area contributed by atoms with Crippen molar-refractivity contribution in [3.05, 3.63) is 66.0 Å². The van der Waals surface area contributed by atoms with Crippen LogP contribution in [0.3, 0.4) is 0 Å². The Bertz CT molecular complexity index is 1600. The maximum Gasteiger partial charge on any atom is 0.410 e. The van der Waals surface area contributed by atoms with Crippen molar-refractivity contribution in [3.63, 3.8) is 0 Å². The molecule has 0 aliphatic carbocycles. The van der Waals surface area contributed by atoms with Crippen LogP contribution in [0.1, 0.15) is 75.3 Å². The lowest BCUT2D eigenvalue weighted by Gasteiger charge is -2.34. The summed E-state index contributed by atoms with van der Waals surface area (Å²) < 4.78 is 7.46. The first-order chi connectivity index (χ1) is 19.9. The minimum Gasteiger partial charge on any atom is -0.444 e. The van der Waals surface area contributed by atoms with Crippen LogP contribution < -0.4 is 10.6 Å². The van der Waals surface area contributed by atoms with E-state index in [0.717, 1.165) is 24.1 Å². The van der Waals surface area contributed by atoms with E-state index in [4.69, 9.17) is 15.6 Å². The quantitative estimate of drug-likeness (QED) is 0.311. The SMILES string of the molecule is CC(C)c1ccc(N(C)C(=O)c2cccc(-c3nn([C@@H]4CCCN(C(=O)OC(C)(C)C)C4)c4ncnc(N)c34)c2)cc1. The van der Waals surface area contributed by atoms with E-state index in [0.29, 0.717) is 47.1 Å². The average molecular weight is 570 g/mol. The third kappa shape index (κ3) is 5.93. The number of anilines is 2. The van der Waals surface area contributed by atoms with Gasteiger partial charge in [0.15, 0.2) is 5.65 Å². The van der Waals surface area contributed by atoms with Crippen LogP contribution in [0, 0.1) is 0 Å². The normalized spacial score (nSPS) is 15.7. The number of nitrogens with two attached hydrogens (primary N) is 1. The second-order valence-electron chi connectivity index (χ2n) is 12.2. The molecule has 3 heterocycles. The number of nitrogen functional groups attached to an aromatic ring is 1. The predicted molar refractivity (Wildman–Crippen MR) is 165 cm³/mol. The zero-order chi connectivity index (χ0) is 30.2. The first-order valence-electron chi connectivity index (χ1n) is 14.4. The molecule has 42 heavy (non-hydrogen) atoms. The van der Waals surface area contributed by atoms with E-state index in [9.17, 15) is 9.59 Å². The molecule has 10 heteroatoms. The smallest absolute Gasteiger partial charge is 0.410 e. The van der Waals surface area contributed by atoms with E-state index >= 15 is 0 Å². The summed E-state index contributed by atoms with van der Waals surface area (Å²) in [4.78, 5) is 38.5. The lowest BCUT2D eigenvalue weighted by Crippen LogP contribution is -2.43. The Kier molecular flexibility index (Phi) is 7.90. The molecular weight excluding hydrogens is 530 g/mol. The Morgan fingerprint density at radius 2 is 1.83 bits per heavy atom. The van der Waals surface area contributed by atoms with Gasteiger partial charge in [0, 0.05) is 37.0 Å². The van der Waals surface area contributed by atoms with Crippen LogP contribution in [-0.4, -0.2) is 62.4 Å². The van der Waals surface area contributed by atoms with Crippen LogP contribution in [-0.2, 0) is 4.74 Å². The van der Waals surface area contributed by atoms with Crippen LogP contribution in [0.15, 0.2) is 54.9 Å². The molecule has 0 radical (unpaired) electrons. The lowest BCUT2D eigenvalue weighted by molar-refractivity contribution is 0.0169. The number of fused-ring (bicyclic) bond motifs is 1. The summed E-state index contributed by atoms with van der Waals surface area (Å²) in [5.74, 6) is 0.583. The van der Waals surface area contributed by atoms with Gasteiger partial charge in [0.05, 0.1) is 11.4 Å². The van der Waals surface area contributed by atoms with Crippen molar-refractivity contribution in [2.45, 2.75) is 65.0 Å². The minimum absolute atomic E-state index is 0.124. The summed E-state index contributed by atoms with van der Waals surface area (Å²) >= 11 is 0. The highest BCUT2D eigenvalue weighted by molar-refractivity contribution is 6.07. The molecule has 0 saturated carbocycles. The Morgan fingerprint density at radius 1 is 1.10 bits per heavy atom. The number of hydrogen-bond donors (Lipinski definition) is 1. The fourth-order valence-electron chi connectivity index (χ4n) is 5.29. The third-order valence-electron chi connectivity index (χ3n) is 7.55. The summed E-state index contributed by atoms with van der Waals surface area (Å²) in [6, 6.07) is 15.3. The zero-order valence-corrected chi connectivity index (χ0v) is 25.2. The van der Waals surface area contributed by atoms with Crippen molar-refractivity contribution >= 4 is 34.5 Å². The molecule has 2 aromatic heterocycles. The number of amides is 2. The van der Waals surface area contributed by atoms with Crippen molar-refractivity contribution in [1.82, 2.24) is 24.6 Å². The minimum atomic E-state index is -0.578. The van der Waals surface area contributed by atoms with Crippen molar-refractivity contribution in [2.75, 3.05) is 30.8 Å². The molecule has 1 atom stereocenters. The van der Waals surface area contributed by atoms with Crippen LogP contribution in [0.4, 0.5) is 16.3 Å². The number of rotatable bonds is 5. The number of carbonyl (C=O) groups is 2. The molecule has 2 amide bonds. The highest BCUT2D eigenvalue weighted by Crippen LogP contribution is 2.34. The Morgan fingerprint density at radius 3 is 2.52 bits per heavy atom. The molecule has 2 aromatic carbocycles. The predicted octanol–water partition coefficient (Wildman–Crippen LogP) is 6.05. The number of likely N-dealkylation sites (tertiary alicyclic amines) is 1. The number of piperidine rings is 1. The number of carbonyl (C=O) groups excluding carboxylic acids is 2. The summed E-state index contributed by atoms with van der Waals surface area (Å²) in [5.41, 5.74) is 10.3. The molecule has 1 saturated heterocycles. The van der Waals surface area contributed by atoms with E-state index in [1.54, 1.807) is 22.9 Å². The van der Waals surface area contributed by atoms with Crippen LogP contribution in [0.5, 0.6) is 0 Å². The Hall–Kier alpha value is -4.47. The highest BCUT2D eigenvalue weighted by Gasteiger charge is 2.31. The first-order valence-corrected chi connectivity index (χ1v) is 14.4. The molecule has 0 spiro atoms. The van der Waals surface area contributed by atoms with Crippen LogP contribution in [0.2, 0.25) is 0 Å². The molecule has 5 rings (SSSR count). The Balaban J connectivity index is 1.47. The fourth-order valence-corrected chi connectivity index (χ4v) is 5.29. The van der Waals surface area contributed by atoms with Crippen LogP contribution >= 0.6 is 0 Å². The monoisotopic (exact) mass is 569 g/mol. The number of ether oxygens (including phenoxy) is 1. The summed E-state index contributed by atoms with van der Waals surface area (Å²) in [6.07, 6.45) is 2.70. The molecule has 1 fully saturated rings. The van der Waals surface area contributed by atoms with Crippen LogP contribution in [0.25, 0.3) is 22.3 Å². The van der Waals surface area contributed by atoms with Gasteiger partial charge in [-0.1, -0.05) is 38.1 Å². The number of hydrogen-bond acceptors (Lipinski definition) is 7. The molecule has 2 N–H and O–H groups in total. The van der Waals surface area contributed by atoms with Gasteiger partial charge in [0.2, 0.25) is 0 Å². The van der Waals surface area contributed by atoms with Gasteiger partial charge in [-0.05, 0) is 69.4 Å². The fraction of sp³-hybridized carbons (Fsp3) is 0.406. The second-order valence-corrected chi connectivity index (χ2v) is 12.2. The molecule has 4 aromatic rings. The maximum absolute atomic E-state index is 13.5. The second kappa shape index (κ2) is 11.4. The first kappa shape index (κ1) is 29.0. The van der Waals surface area contributed by atoms with Crippen molar-refractivity contribution in [1.29, 1.82) is 0 Å². The largest absolute Gasteiger partial charge is 0.444 e. The standard InChI is InChI=1S/C32H39N7O3/c1-20(2)21-12-14-24(15-13-21)37(6)30(40)23-10-7-9-22(17-23)27-26-28(33)34-19-35-29(26)39(36-27)25-11-8-16-38(18-25)31(41)42-32(3,4)5/h7,9-10,12-15,17,19-20,25H,8,11,16,18H2,1-6H3,(H2,33,34,35)/t25-/m1/s1. The van der Waals surface area contributed by atoms with Gasteiger partial charge < -0.3 is 20.3 Å². The van der Waals surface area contributed by atoms with Gasteiger partial charge in [0.25, 0.3) is 5.91 Å². The van der Waals surface area contributed by atoms with Gasteiger partial charge in [-0.2, -0.15) is 5.10 Å². The number of benzene rings is 2.